The lowest BCUT2D eigenvalue weighted by molar-refractivity contribution is -0.00957. The third-order valence-corrected chi connectivity index (χ3v) is 3.45. The first-order valence-corrected chi connectivity index (χ1v) is 6.96. The van der Waals surface area contributed by atoms with Crippen molar-refractivity contribution in [3.63, 3.8) is 0 Å². The van der Waals surface area contributed by atoms with E-state index >= 15 is 0 Å². The number of nitrogens with zero attached hydrogens (tertiary/aromatic N) is 2. The molecule has 0 aliphatic carbocycles. The molecular formula is C14H25N3O. The number of hydrogen-bond acceptors (Lipinski definition) is 3. The first-order chi connectivity index (χ1) is 8.63. The van der Waals surface area contributed by atoms with Crippen molar-refractivity contribution in [3.8, 4) is 0 Å². The molecule has 2 rings (SSSR count). The van der Waals surface area contributed by atoms with Crippen molar-refractivity contribution in [1.29, 1.82) is 0 Å². The largest absolute Gasteiger partial charge is 0.378 e. The Kier molecular flexibility index (Phi) is 4.78. The van der Waals surface area contributed by atoms with E-state index in [2.05, 4.69) is 30.5 Å². The fourth-order valence-corrected chi connectivity index (χ4v) is 2.58. The van der Waals surface area contributed by atoms with Gasteiger partial charge in [-0.15, -0.1) is 0 Å². The Balaban J connectivity index is 1.75. The van der Waals surface area contributed by atoms with E-state index in [9.17, 15) is 0 Å². The van der Waals surface area contributed by atoms with Crippen LogP contribution in [0.25, 0.3) is 0 Å². The molecule has 1 aromatic heterocycles. The van der Waals surface area contributed by atoms with Gasteiger partial charge < -0.3 is 10.1 Å². The molecule has 1 fully saturated rings. The molecular weight excluding hydrogens is 226 g/mol. The normalized spacial score (nSPS) is 24.7. The Morgan fingerprint density at radius 1 is 1.56 bits per heavy atom. The lowest BCUT2D eigenvalue weighted by Crippen LogP contribution is -2.39. The fraction of sp³-hybridized carbons (Fsp3) is 0.786. The van der Waals surface area contributed by atoms with Crippen LogP contribution in [0, 0.1) is 5.92 Å². The average Bonchev–Trinajstić information content (AvgIpc) is 2.72. The monoisotopic (exact) mass is 251 g/mol. The van der Waals surface area contributed by atoms with E-state index in [0.29, 0.717) is 18.1 Å². The summed E-state index contributed by atoms with van der Waals surface area (Å²) in [6.45, 7) is 6.32. The van der Waals surface area contributed by atoms with Gasteiger partial charge in [-0.1, -0.05) is 13.8 Å². The summed E-state index contributed by atoms with van der Waals surface area (Å²) in [6, 6.07) is 0.586. The van der Waals surface area contributed by atoms with Crippen LogP contribution < -0.4 is 5.32 Å². The van der Waals surface area contributed by atoms with Gasteiger partial charge in [0, 0.05) is 38.0 Å². The van der Waals surface area contributed by atoms with E-state index in [-0.39, 0.29) is 0 Å². The second-order valence-corrected chi connectivity index (χ2v) is 5.75. The van der Waals surface area contributed by atoms with Gasteiger partial charge in [-0.2, -0.15) is 5.10 Å². The quantitative estimate of drug-likeness (QED) is 0.871. The molecule has 2 heterocycles. The van der Waals surface area contributed by atoms with Crippen LogP contribution in [-0.4, -0.2) is 28.5 Å². The zero-order chi connectivity index (χ0) is 13.0. The predicted octanol–water partition coefficient (Wildman–Crippen LogP) is 2.10. The van der Waals surface area contributed by atoms with Crippen LogP contribution in [0.15, 0.2) is 12.4 Å². The third kappa shape index (κ3) is 4.10. The molecule has 18 heavy (non-hydrogen) atoms. The Bertz CT molecular complexity index is 362. The molecule has 2 unspecified atom stereocenters. The van der Waals surface area contributed by atoms with Gasteiger partial charge in [0.25, 0.3) is 0 Å². The van der Waals surface area contributed by atoms with Crippen LogP contribution in [0.1, 0.15) is 38.7 Å². The number of nitrogens with one attached hydrogen (secondary N) is 1. The summed E-state index contributed by atoms with van der Waals surface area (Å²) in [5.74, 6) is 0.715. The summed E-state index contributed by atoms with van der Waals surface area (Å²) >= 11 is 0. The van der Waals surface area contributed by atoms with Crippen LogP contribution in [0.3, 0.4) is 0 Å². The maximum Gasteiger partial charge on any atom is 0.0592 e. The minimum absolute atomic E-state index is 0.435. The summed E-state index contributed by atoms with van der Waals surface area (Å²) in [7, 11) is 1.95. The van der Waals surface area contributed by atoms with Crippen molar-refractivity contribution in [1.82, 2.24) is 15.1 Å². The van der Waals surface area contributed by atoms with Crippen LogP contribution in [0.4, 0.5) is 0 Å². The van der Waals surface area contributed by atoms with Gasteiger partial charge in [0.1, 0.15) is 0 Å². The predicted molar refractivity (Wildman–Crippen MR) is 72.3 cm³/mol. The molecule has 4 nitrogen and oxygen atoms in total. The zero-order valence-corrected chi connectivity index (χ0v) is 11.7. The smallest absolute Gasteiger partial charge is 0.0592 e. The van der Waals surface area contributed by atoms with Crippen LogP contribution in [0.5, 0.6) is 0 Å². The lowest BCUT2D eigenvalue weighted by Gasteiger charge is -2.31. The number of aromatic nitrogens is 2. The van der Waals surface area contributed by atoms with Crippen molar-refractivity contribution in [2.45, 2.75) is 51.8 Å². The van der Waals surface area contributed by atoms with Crippen molar-refractivity contribution in [2.75, 3.05) is 6.61 Å². The van der Waals surface area contributed by atoms with E-state index in [1.54, 1.807) is 0 Å². The highest BCUT2D eigenvalue weighted by atomic mass is 16.5. The standard InChI is InChI=1S/C14H25N3O/c1-11(2)6-14-7-13(4-5-18-14)15-8-12-9-16-17(3)10-12/h9-11,13-15H,4-8H2,1-3H3. The van der Waals surface area contributed by atoms with E-state index in [0.717, 1.165) is 26.0 Å². The molecule has 0 aromatic carbocycles. The molecule has 2 atom stereocenters. The maximum atomic E-state index is 5.82. The molecule has 1 N–H and O–H groups in total. The SMILES string of the molecule is CC(C)CC1CC(NCc2cnn(C)c2)CCO1. The number of rotatable bonds is 5. The number of aryl methyl sites for hydroxylation is 1. The molecule has 0 saturated carbocycles. The van der Waals surface area contributed by atoms with Gasteiger partial charge in [0.05, 0.1) is 12.3 Å². The van der Waals surface area contributed by atoms with Gasteiger partial charge in [-0.3, -0.25) is 4.68 Å². The van der Waals surface area contributed by atoms with Crippen molar-refractivity contribution in [3.05, 3.63) is 18.0 Å². The average molecular weight is 251 g/mol. The van der Waals surface area contributed by atoms with Crippen LogP contribution in [-0.2, 0) is 18.3 Å². The van der Waals surface area contributed by atoms with Gasteiger partial charge in [0.2, 0.25) is 0 Å². The second kappa shape index (κ2) is 6.34. The Morgan fingerprint density at radius 3 is 3.06 bits per heavy atom. The number of hydrogen-bond donors (Lipinski definition) is 1. The van der Waals surface area contributed by atoms with E-state index in [1.807, 2.05) is 17.9 Å². The van der Waals surface area contributed by atoms with Crippen molar-refractivity contribution < 1.29 is 4.74 Å². The summed E-state index contributed by atoms with van der Waals surface area (Å²) in [6.07, 6.45) is 7.86. The van der Waals surface area contributed by atoms with E-state index in [4.69, 9.17) is 4.74 Å². The number of ether oxygens (including phenoxy) is 1. The molecule has 4 heteroatoms. The topological polar surface area (TPSA) is 39.1 Å². The minimum atomic E-state index is 0.435. The van der Waals surface area contributed by atoms with E-state index in [1.165, 1.54) is 12.0 Å². The summed E-state index contributed by atoms with van der Waals surface area (Å²) < 4.78 is 7.67. The van der Waals surface area contributed by atoms with Gasteiger partial charge in [0.15, 0.2) is 0 Å². The highest BCUT2D eigenvalue weighted by Gasteiger charge is 2.22. The molecule has 0 radical (unpaired) electrons. The second-order valence-electron chi connectivity index (χ2n) is 5.75. The van der Waals surface area contributed by atoms with Crippen molar-refractivity contribution in [2.24, 2.45) is 13.0 Å². The molecule has 0 spiro atoms. The zero-order valence-electron chi connectivity index (χ0n) is 11.7. The maximum absolute atomic E-state index is 5.82. The molecule has 1 aliphatic heterocycles. The van der Waals surface area contributed by atoms with Crippen LogP contribution in [0.2, 0.25) is 0 Å². The molecule has 102 valence electrons. The van der Waals surface area contributed by atoms with Gasteiger partial charge in [-0.25, -0.2) is 0 Å². The summed E-state index contributed by atoms with van der Waals surface area (Å²) in [5.41, 5.74) is 1.25. The van der Waals surface area contributed by atoms with Gasteiger partial charge >= 0.3 is 0 Å². The molecule has 1 aromatic rings. The Morgan fingerprint density at radius 2 is 2.39 bits per heavy atom. The van der Waals surface area contributed by atoms with E-state index < -0.39 is 0 Å². The fourth-order valence-electron chi connectivity index (χ4n) is 2.58. The summed E-state index contributed by atoms with van der Waals surface area (Å²) in [5, 5.41) is 7.81. The first kappa shape index (κ1) is 13.6. The molecule has 1 saturated heterocycles. The third-order valence-electron chi connectivity index (χ3n) is 3.45. The Labute approximate surface area is 110 Å². The highest BCUT2D eigenvalue weighted by molar-refractivity contribution is 5.03. The van der Waals surface area contributed by atoms with Gasteiger partial charge in [-0.05, 0) is 25.2 Å². The minimum Gasteiger partial charge on any atom is -0.378 e. The lowest BCUT2D eigenvalue weighted by atomic mass is 9.96. The first-order valence-electron chi connectivity index (χ1n) is 6.96. The molecule has 1 aliphatic rings. The highest BCUT2D eigenvalue weighted by Crippen LogP contribution is 2.20. The molecule has 0 bridgehead atoms. The van der Waals surface area contributed by atoms with Crippen LogP contribution >= 0.6 is 0 Å². The van der Waals surface area contributed by atoms with Crippen molar-refractivity contribution >= 4 is 0 Å². The summed E-state index contributed by atoms with van der Waals surface area (Å²) in [4.78, 5) is 0. The molecule has 0 amide bonds. The Hall–Kier alpha value is -0.870.